The zero-order valence-electron chi connectivity index (χ0n) is 11.6. The lowest BCUT2D eigenvalue weighted by Crippen LogP contribution is -2.52. The SMILES string of the molecule is CC1CNCCN1C(=O)CCC(=O)N1CCOCC1. The van der Waals surface area contributed by atoms with Gasteiger partial charge in [-0.1, -0.05) is 0 Å². The van der Waals surface area contributed by atoms with Gasteiger partial charge in [-0.3, -0.25) is 9.59 Å². The highest BCUT2D eigenvalue weighted by Gasteiger charge is 2.24. The number of rotatable bonds is 3. The fourth-order valence-electron chi connectivity index (χ4n) is 2.54. The van der Waals surface area contributed by atoms with Gasteiger partial charge in [-0.15, -0.1) is 0 Å². The van der Waals surface area contributed by atoms with Gasteiger partial charge in [-0.2, -0.15) is 0 Å². The maximum atomic E-state index is 12.1. The lowest BCUT2D eigenvalue weighted by molar-refractivity contribution is -0.140. The Morgan fingerprint density at radius 3 is 2.53 bits per heavy atom. The molecular formula is C13H23N3O3. The monoisotopic (exact) mass is 269 g/mol. The molecule has 2 saturated heterocycles. The molecule has 2 fully saturated rings. The van der Waals surface area contributed by atoms with Gasteiger partial charge >= 0.3 is 0 Å². The molecule has 0 spiro atoms. The van der Waals surface area contributed by atoms with Crippen LogP contribution in [0.1, 0.15) is 19.8 Å². The Bertz CT molecular complexity index is 329. The minimum absolute atomic E-state index is 0.0689. The maximum Gasteiger partial charge on any atom is 0.223 e. The number of piperazine rings is 1. The van der Waals surface area contributed by atoms with Crippen molar-refractivity contribution in [3.63, 3.8) is 0 Å². The number of ether oxygens (including phenoxy) is 1. The van der Waals surface area contributed by atoms with Crippen molar-refractivity contribution in [1.82, 2.24) is 15.1 Å². The molecule has 0 bridgehead atoms. The summed E-state index contributed by atoms with van der Waals surface area (Å²) in [5.74, 6) is 0.162. The third-order valence-corrected chi connectivity index (χ3v) is 3.74. The van der Waals surface area contributed by atoms with Crippen molar-refractivity contribution in [3.8, 4) is 0 Å². The first kappa shape index (κ1) is 14.3. The van der Waals surface area contributed by atoms with Gasteiger partial charge in [0, 0.05) is 51.6 Å². The molecule has 19 heavy (non-hydrogen) atoms. The van der Waals surface area contributed by atoms with E-state index in [4.69, 9.17) is 4.74 Å². The Balaban J connectivity index is 1.74. The van der Waals surface area contributed by atoms with Crippen LogP contribution in [0.2, 0.25) is 0 Å². The second-order valence-corrected chi connectivity index (χ2v) is 5.13. The van der Waals surface area contributed by atoms with Crippen molar-refractivity contribution in [2.45, 2.75) is 25.8 Å². The van der Waals surface area contributed by atoms with E-state index in [1.807, 2.05) is 11.8 Å². The second kappa shape index (κ2) is 6.86. The van der Waals surface area contributed by atoms with Crippen LogP contribution >= 0.6 is 0 Å². The Labute approximate surface area is 114 Å². The van der Waals surface area contributed by atoms with Crippen LogP contribution in [0.4, 0.5) is 0 Å². The van der Waals surface area contributed by atoms with Gasteiger partial charge in [0.25, 0.3) is 0 Å². The summed E-state index contributed by atoms with van der Waals surface area (Å²) in [4.78, 5) is 27.7. The summed E-state index contributed by atoms with van der Waals surface area (Å²) in [6.07, 6.45) is 0.635. The van der Waals surface area contributed by atoms with Gasteiger partial charge < -0.3 is 19.9 Å². The van der Waals surface area contributed by atoms with Gasteiger partial charge in [-0.05, 0) is 6.92 Å². The maximum absolute atomic E-state index is 12.1. The van der Waals surface area contributed by atoms with E-state index >= 15 is 0 Å². The molecule has 2 aliphatic heterocycles. The zero-order valence-corrected chi connectivity index (χ0v) is 11.6. The van der Waals surface area contributed by atoms with Crippen LogP contribution < -0.4 is 5.32 Å². The molecule has 108 valence electrons. The Hall–Kier alpha value is -1.14. The van der Waals surface area contributed by atoms with Crippen molar-refractivity contribution in [2.75, 3.05) is 45.9 Å². The predicted molar refractivity (Wildman–Crippen MR) is 70.7 cm³/mol. The lowest BCUT2D eigenvalue weighted by atomic mass is 10.1. The summed E-state index contributed by atoms with van der Waals surface area (Å²) in [5, 5.41) is 3.25. The van der Waals surface area contributed by atoms with Gasteiger partial charge in [-0.25, -0.2) is 0 Å². The van der Waals surface area contributed by atoms with Crippen molar-refractivity contribution in [1.29, 1.82) is 0 Å². The Morgan fingerprint density at radius 2 is 1.84 bits per heavy atom. The van der Waals surface area contributed by atoms with Crippen molar-refractivity contribution in [3.05, 3.63) is 0 Å². The molecule has 2 rings (SSSR count). The lowest BCUT2D eigenvalue weighted by Gasteiger charge is -2.34. The number of morpholine rings is 1. The van der Waals surface area contributed by atoms with Gasteiger partial charge in [0.1, 0.15) is 0 Å². The molecule has 2 heterocycles. The van der Waals surface area contributed by atoms with Crippen molar-refractivity contribution >= 4 is 11.8 Å². The number of nitrogens with zero attached hydrogens (tertiary/aromatic N) is 2. The number of hydrogen-bond acceptors (Lipinski definition) is 4. The first-order valence-electron chi connectivity index (χ1n) is 7.04. The second-order valence-electron chi connectivity index (χ2n) is 5.13. The highest BCUT2D eigenvalue weighted by atomic mass is 16.5. The minimum Gasteiger partial charge on any atom is -0.378 e. The average molecular weight is 269 g/mol. The van der Waals surface area contributed by atoms with Crippen LogP contribution in [0.3, 0.4) is 0 Å². The molecule has 0 aromatic heterocycles. The number of hydrogen-bond donors (Lipinski definition) is 1. The summed E-state index contributed by atoms with van der Waals surface area (Å²) in [6, 6.07) is 0.222. The van der Waals surface area contributed by atoms with E-state index in [1.165, 1.54) is 0 Å². The molecule has 1 atom stereocenters. The van der Waals surface area contributed by atoms with E-state index in [0.29, 0.717) is 39.1 Å². The van der Waals surface area contributed by atoms with Crippen molar-refractivity contribution < 1.29 is 14.3 Å². The van der Waals surface area contributed by atoms with Crippen LogP contribution in [0, 0.1) is 0 Å². The van der Waals surface area contributed by atoms with Crippen molar-refractivity contribution in [2.24, 2.45) is 0 Å². The summed E-state index contributed by atoms with van der Waals surface area (Å²) >= 11 is 0. The molecule has 2 aliphatic rings. The smallest absolute Gasteiger partial charge is 0.223 e. The van der Waals surface area contributed by atoms with E-state index in [0.717, 1.165) is 19.6 Å². The molecule has 0 aliphatic carbocycles. The number of amides is 2. The quantitative estimate of drug-likeness (QED) is 0.746. The Kier molecular flexibility index (Phi) is 5.15. The molecule has 1 N–H and O–H groups in total. The summed E-state index contributed by atoms with van der Waals surface area (Å²) < 4.78 is 5.21. The molecule has 0 aromatic rings. The molecular weight excluding hydrogens is 246 g/mol. The molecule has 0 aromatic carbocycles. The van der Waals surface area contributed by atoms with Crippen LogP contribution in [0.25, 0.3) is 0 Å². The topological polar surface area (TPSA) is 61.9 Å². The molecule has 1 unspecified atom stereocenters. The van der Waals surface area contributed by atoms with E-state index in [9.17, 15) is 9.59 Å². The third-order valence-electron chi connectivity index (χ3n) is 3.74. The van der Waals surface area contributed by atoms with E-state index in [-0.39, 0.29) is 17.9 Å². The first-order valence-corrected chi connectivity index (χ1v) is 7.04. The standard InChI is InChI=1S/C13H23N3O3/c1-11-10-14-4-5-16(11)13(18)3-2-12(17)15-6-8-19-9-7-15/h11,14H,2-10H2,1H3. The average Bonchev–Trinajstić information content (AvgIpc) is 2.46. The van der Waals surface area contributed by atoms with Crippen LogP contribution in [-0.4, -0.2) is 73.6 Å². The molecule has 2 amide bonds. The largest absolute Gasteiger partial charge is 0.378 e. The first-order chi connectivity index (χ1) is 9.18. The molecule has 6 nitrogen and oxygen atoms in total. The number of carbonyl (C=O) groups excluding carboxylic acids is 2. The van der Waals surface area contributed by atoms with Gasteiger partial charge in [0.05, 0.1) is 13.2 Å². The fraction of sp³-hybridized carbons (Fsp3) is 0.846. The summed E-state index contributed by atoms with van der Waals surface area (Å²) in [7, 11) is 0. The fourth-order valence-corrected chi connectivity index (χ4v) is 2.54. The van der Waals surface area contributed by atoms with E-state index < -0.39 is 0 Å². The Morgan fingerprint density at radius 1 is 1.16 bits per heavy atom. The zero-order chi connectivity index (χ0) is 13.7. The minimum atomic E-state index is 0.0689. The highest BCUT2D eigenvalue weighted by molar-refractivity contribution is 5.84. The van der Waals surface area contributed by atoms with Gasteiger partial charge in [0.15, 0.2) is 0 Å². The highest BCUT2D eigenvalue weighted by Crippen LogP contribution is 2.08. The summed E-state index contributed by atoms with van der Waals surface area (Å²) in [5.41, 5.74) is 0. The van der Waals surface area contributed by atoms with Gasteiger partial charge in [0.2, 0.25) is 11.8 Å². The van der Waals surface area contributed by atoms with Crippen LogP contribution in [0.5, 0.6) is 0 Å². The number of carbonyl (C=O) groups is 2. The molecule has 6 heteroatoms. The third kappa shape index (κ3) is 3.91. The molecule has 0 radical (unpaired) electrons. The number of nitrogens with one attached hydrogen (secondary N) is 1. The van der Waals surface area contributed by atoms with Crippen LogP contribution in [0.15, 0.2) is 0 Å². The van der Waals surface area contributed by atoms with Crippen LogP contribution in [-0.2, 0) is 14.3 Å². The van der Waals surface area contributed by atoms with E-state index in [2.05, 4.69) is 5.32 Å². The molecule has 0 saturated carbocycles. The normalized spacial score (nSPS) is 24.4. The predicted octanol–water partition coefficient (Wildman–Crippen LogP) is -0.554. The van der Waals surface area contributed by atoms with E-state index in [1.54, 1.807) is 4.90 Å². The summed E-state index contributed by atoms with van der Waals surface area (Å²) in [6.45, 7) is 6.97.